The normalized spacial score (nSPS) is 14.3. The molecule has 0 unspecified atom stereocenters. The number of amides is 1. The molecule has 0 bridgehead atoms. The monoisotopic (exact) mass is 500 g/mol. The molecule has 1 heterocycles. The quantitative estimate of drug-likeness (QED) is 0.160. The van der Waals surface area contributed by atoms with Crippen molar-refractivity contribution in [3.05, 3.63) is 29.8 Å². The largest absolute Gasteiger partial charge is 0.493 e. The predicted octanol–water partition coefficient (Wildman–Crippen LogP) is 8.03. The number of hydrogen-bond acceptors (Lipinski definition) is 3. The summed E-state index contributed by atoms with van der Waals surface area (Å²) in [5.74, 6) is 1.24. The first-order valence-corrected chi connectivity index (χ1v) is 15.4. The van der Waals surface area contributed by atoms with Crippen molar-refractivity contribution in [2.75, 3.05) is 39.8 Å². The SMILES string of the molecule is CCCCCCCCCCCCCCCCCCOc1ccccc1CCC(=O)N1CCN(C)CC1. The summed E-state index contributed by atoms with van der Waals surface area (Å²) in [6, 6.07) is 8.26. The summed E-state index contributed by atoms with van der Waals surface area (Å²) in [6.07, 6.45) is 23.5. The molecule has 0 radical (unpaired) electrons. The van der Waals surface area contributed by atoms with Crippen LogP contribution in [0.2, 0.25) is 0 Å². The molecule has 1 aromatic rings. The van der Waals surface area contributed by atoms with E-state index in [9.17, 15) is 4.79 Å². The smallest absolute Gasteiger partial charge is 0.222 e. The number of rotatable bonds is 21. The Hall–Kier alpha value is -1.55. The minimum Gasteiger partial charge on any atom is -0.493 e. The number of carbonyl (C=O) groups excluding carboxylic acids is 1. The molecule has 1 saturated heterocycles. The Morgan fingerprint density at radius 1 is 0.722 bits per heavy atom. The summed E-state index contributed by atoms with van der Waals surface area (Å²) in [5, 5.41) is 0. The average molecular weight is 501 g/mol. The second-order valence-corrected chi connectivity index (χ2v) is 10.9. The second kappa shape index (κ2) is 20.5. The van der Waals surface area contributed by atoms with Crippen molar-refractivity contribution >= 4 is 5.91 Å². The van der Waals surface area contributed by atoms with Crippen LogP contribution in [-0.2, 0) is 11.2 Å². The van der Waals surface area contributed by atoms with Gasteiger partial charge >= 0.3 is 0 Å². The first-order chi connectivity index (χ1) is 17.7. The van der Waals surface area contributed by atoms with E-state index in [4.69, 9.17) is 4.74 Å². The van der Waals surface area contributed by atoms with Crippen LogP contribution in [0.25, 0.3) is 0 Å². The Morgan fingerprint density at radius 3 is 1.78 bits per heavy atom. The lowest BCUT2D eigenvalue weighted by molar-refractivity contribution is -0.132. The number of benzene rings is 1. The fourth-order valence-corrected chi connectivity index (χ4v) is 5.14. The molecule has 1 aromatic carbocycles. The zero-order valence-corrected chi connectivity index (χ0v) is 23.8. The van der Waals surface area contributed by atoms with Gasteiger partial charge in [-0.15, -0.1) is 0 Å². The molecule has 206 valence electrons. The Kier molecular flexibility index (Phi) is 17.5. The fourth-order valence-electron chi connectivity index (χ4n) is 5.14. The number of likely N-dealkylation sites (N-methyl/N-ethyl adjacent to an activating group) is 1. The van der Waals surface area contributed by atoms with Crippen LogP contribution in [0, 0.1) is 0 Å². The Morgan fingerprint density at radius 2 is 1.22 bits per heavy atom. The van der Waals surface area contributed by atoms with Gasteiger partial charge in [0.05, 0.1) is 6.61 Å². The highest BCUT2D eigenvalue weighted by molar-refractivity contribution is 5.76. The summed E-state index contributed by atoms with van der Waals surface area (Å²) in [6.45, 7) is 6.73. The van der Waals surface area contributed by atoms with Crippen LogP contribution in [0.15, 0.2) is 24.3 Å². The van der Waals surface area contributed by atoms with E-state index in [0.29, 0.717) is 6.42 Å². The molecule has 0 aliphatic carbocycles. The van der Waals surface area contributed by atoms with Crippen molar-refractivity contribution in [2.24, 2.45) is 0 Å². The van der Waals surface area contributed by atoms with Crippen molar-refractivity contribution in [3.63, 3.8) is 0 Å². The number of carbonyl (C=O) groups is 1. The number of ether oxygens (including phenoxy) is 1. The standard InChI is InChI=1S/C32H56N2O2/c1-3-4-5-6-7-8-9-10-11-12-13-14-15-16-17-20-29-36-31-22-19-18-21-30(31)23-24-32(35)34-27-25-33(2)26-28-34/h18-19,21-22H,3-17,20,23-29H2,1-2H3. The minimum atomic E-state index is 0.274. The maximum Gasteiger partial charge on any atom is 0.222 e. The van der Waals surface area contributed by atoms with Crippen LogP contribution in [-0.4, -0.2) is 55.5 Å². The van der Waals surface area contributed by atoms with Crippen LogP contribution >= 0.6 is 0 Å². The first kappa shape index (κ1) is 30.7. The molecule has 1 aliphatic heterocycles. The van der Waals surface area contributed by atoms with Crippen molar-refractivity contribution in [1.82, 2.24) is 9.80 Å². The summed E-state index contributed by atoms with van der Waals surface area (Å²) < 4.78 is 6.12. The number of piperazine rings is 1. The van der Waals surface area contributed by atoms with Crippen molar-refractivity contribution < 1.29 is 9.53 Å². The van der Waals surface area contributed by atoms with E-state index in [1.54, 1.807) is 0 Å². The molecule has 4 heteroatoms. The van der Waals surface area contributed by atoms with E-state index >= 15 is 0 Å². The summed E-state index contributed by atoms with van der Waals surface area (Å²) in [7, 11) is 2.12. The molecule has 0 spiro atoms. The lowest BCUT2D eigenvalue weighted by Gasteiger charge is -2.32. The molecular weight excluding hydrogens is 444 g/mol. The summed E-state index contributed by atoms with van der Waals surface area (Å²) in [4.78, 5) is 16.9. The van der Waals surface area contributed by atoms with Gasteiger partial charge in [-0.3, -0.25) is 4.79 Å². The molecule has 0 aromatic heterocycles. The van der Waals surface area contributed by atoms with Gasteiger partial charge in [-0.1, -0.05) is 121 Å². The molecule has 0 atom stereocenters. The topological polar surface area (TPSA) is 32.8 Å². The van der Waals surface area contributed by atoms with Crippen molar-refractivity contribution in [3.8, 4) is 5.75 Å². The van der Waals surface area contributed by atoms with Gasteiger partial charge in [0, 0.05) is 32.6 Å². The third-order valence-corrected chi connectivity index (χ3v) is 7.69. The average Bonchev–Trinajstić information content (AvgIpc) is 2.90. The highest BCUT2D eigenvalue weighted by Crippen LogP contribution is 2.21. The van der Waals surface area contributed by atoms with Gasteiger partial charge in [-0.25, -0.2) is 0 Å². The van der Waals surface area contributed by atoms with Crippen LogP contribution in [0.5, 0.6) is 5.75 Å². The van der Waals surface area contributed by atoms with E-state index in [-0.39, 0.29) is 5.91 Å². The van der Waals surface area contributed by atoms with Crippen molar-refractivity contribution in [2.45, 2.75) is 122 Å². The third-order valence-electron chi connectivity index (χ3n) is 7.69. The van der Waals surface area contributed by atoms with Gasteiger partial charge in [0.1, 0.15) is 5.75 Å². The van der Waals surface area contributed by atoms with E-state index in [1.165, 1.54) is 96.3 Å². The zero-order valence-electron chi connectivity index (χ0n) is 23.8. The Balaban J connectivity index is 1.43. The minimum absolute atomic E-state index is 0.274. The molecule has 1 amide bonds. The van der Waals surface area contributed by atoms with E-state index < -0.39 is 0 Å². The molecule has 36 heavy (non-hydrogen) atoms. The molecular formula is C32H56N2O2. The highest BCUT2D eigenvalue weighted by atomic mass is 16.5. The molecule has 1 fully saturated rings. The second-order valence-electron chi connectivity index (χ2n) is 10.9. The number of para-hydroxylation sites is 1. The van der Waals surface area contributed by atoms with Crippen LogP contribution in [0.3, 0.4) is 0 Å². The Labute approximate surface area is 223 Å². The zero-order chi connectivity index (χ0) is 25.7. The van der Waals surface area contributed by atoms with Gasteiger partial charge in [0.2, 0.25) is 5.91 Å². The fraction of sp³-hybridized carbons (Fsp3) is 0.781. The van der Waals surface area contributed by atoms with Crippen molar-refractivity contribution in [1.29, 1.82) is 0 Å². The Bertz CT molecular complexity index is 670. The number of nitrogens with zero attached hydrogens (tertiary/aromatic N) is 2. The van der Waals surface area contributed by atoms with Gasteiger partial charge in [0.25, 0.3) is 0 Å². The maximum absolute atomic E-state index is 12.6. The number of aryl methyl sites for hydroxylation is 1. The summed E-state index contributed by atoms with van der Waals surface area (Å²) in [5.41, 5.74) is 1.16. The van der Waals surface area contributed by atoms with E-state index in [1.807, 2.05) is 11.0 Å². The van der Waals surface area contributed by atoms with E-state index in [0.717, 1.165) is 56.9 Å². The summed E-state index contributed by atoms with van der Waals surface area (Å²) >= 11 is 0. The lowest BCUT2D eigenvalue weighted by atomic mass is 10.0. The molecule has 4 nitrogen and oxygen atoms in total. The van der Waals surface area contributed by atoms with Gasteiger partial charge in [0.15, 0.2) is 0 Å². The third kappa shape index (κ3) is 14.3. The van der Waals surface area contributed by atoms with Crippen LogP contribution in [0.1, 0.15) is 122 Å². The number of unbranched alkanes of at least 4 members (excludes halogenated alkanes) is 15. The lowest BCUT2D eigenvalue weighted by Crippen LogP contribution is -2.47. The molecule has 0 saturated carbocycles. The van der Waals surface area contributed by atoms with Gasteiger partial charge in [-0.05, 0) is 31.5 Å². The van der Waals surface area contributed by atoms with Gasteiger partial charge in [-0.2, -0.15) is 0 Å². The van der Waals surface area contributed by atoms with Crippen LogP contribution in [0.4, 0.5) is 0 Å². The number of hydrogen-bond donors (Lipinski definition) is 0. The maximum atomic E-state index is 12.6. The molecule has 1 aliphatic rings. The predicted molar refractivity (Wildman–Crippen MR) is 154 cm³/mol. The highest BCUT2D eigenvalue weighted by Gasteiger charge is 2.19. The molecule has 0 N–H and O–H groups in total. The first-order valence-electron chi connectivity index (χ1n) is 15.4. The van der Waals surface area contributed by atoms with E-state index in [2.05, 4.69) is 37.1 Å². The van der Waals surface area contributed by atoms with Gasteiger partial charge < -0.3 is 14.5 Å². The van der Waals surface area contributed by atoms with Crippen LogP contribution < -0.4 is 4.74 Å². The molecule has 2 rings (SSSR count).